The highest BCUT2D eigenvalue weighted by Crippen LogP contribution is 2.29. The number of urea groups is 1. The number of benzene rings is 1. The predicted octanol–water partition coefficient (Wildman–Crippen LogP) is 2.98. The highest BCUT2D eigenvalue weighted by atomic mass is 35.5. The molecule has 0 saturated heterocycles. The fourth-order valence-corrected chi connectivity index (χ4v) is 4.12. The molecule has 8 nitrogen and oxygen atoms in total. The third kappa shape index (κ3) is 3.81. The van der Waals surface area contributed by atoms with Crippen LogP contribution in [-0.4, -0.2) is 28.2 Å². The van der Waals surface area contributed by atoms with E-state index in [1.54, 1.807) is 42.6 Å². The summed E-state index contributed by atoms with van der Waals surface area (Å²) in [6.45, 7) is 1.83. The first kappa shape index (κ1) is 20.1. The number of hydrogen-bond donors (Lipinski definition) is 2. The van der Waals surface area contributed by atoms with Crippen molar-refractivity contribution in [1.82, 2.24) is 20.2 Å². The fraction of sp³-hybridized carbons (Fsp3) is 0.200. The van der Waals surface area contributed by atoms with E-state index < -0.39 is 18.0 Å². The number of halogens is 1. The Labute approximate surface area is 180 Å². The number of nitrogens with one attached hydrogen (secondary N) is 2. The van der Waals surface area contributed by atoms with Gasteiger partial charge in [0.25, 0.3) is 5.56 Å². The number of allylic oxidation sites excluding steroid dienone is 1. The van der Waals surface area contributed by atoms with E-state index in [1.165, 1.54) is 22.2 Å². The molecule has 30 heavy (non-hydrogen) atoms. The normalized spacial score (nSPS) is 16.3. The van der Waals surface area contributed by atoms with Crippen LogP contribution in [0.1, 0.15) is 18.5 Å². The van der Waals surface area contributed by atoms with Gasteiger partial charge in [0.15, 0.2) is 0 Å². The zero-order valence-corrected chi connectivity index (χ0v) is 17.4. The second-order valence-electron chi connectivity index (χ2n) is 6.51. The van der Waals surface area contributed by atoms with Crippen molar-refractivity contribution in [1.29, 1.82) is 0 Å². The molecule has 0 spiro atoms. The number of carbonyl (C=O) groups excluding carboxylic acids is 2. The van der Waals surface area contributed by atoms with Crippen LogP contribution in [0.25, 0.3) is 10.2 Å². The van der Waals surface area contributed by atoms with Crippen molar-refractivity contribution in [3.8, 4) is 0 Å². The molecule has 10 heteroatoms. The molecule has 2 amide bonds. The maximum Gasteiger partial charge on any atom is 0.338 e. The van der Waals surface area contributed by atoms with Crippen molar-refractivity contribution in [2.75, 3.05) is 6.61 Å². The summed E-state index contributed by atoms with van der Waals surface area (Å²) in [6.07, 6.45) is 1.41. The van der Waals surface area contributed by atoms with E-state index in [2.05, 4.69) is 15.6 Å². The van der Waals surface area contributed by atoms with E-state index >= 15 is 0 Å². The number of rotatable bonds is 5. The minimum absolute atomic E-state index is 0.0384. The lowest BCUT2D eigenvalue weighted by Gasteiger charge is -2.29. The maximum atomic E-state index is 12.8. The predicted molar refractivity (Wildman–Crippen MR) is 113 cm³/mol. The summed E-state index contributed by atoms with van der Waals surface area (Å²) >= 11 is 7.34. The first-order valence-electron chi connectivity index (χ1n) is 9.13. The van der Waals surface area contributed by atoms with Crippen LogP contribution < -0.4 is 16.2 Å². The molecule has 0 fully saturated rings. The number of carbonyl (C=O) groups is 2. The molecule has 4 rings (SSSR count). The van der Waals surface area contributed by atoms with Crippen molar-refractivity contribution < 1.29 is 14.3 Å². The lowest BCUT2D eigenvalue weighted by atomic mass is 9.95. The van der Waals surface area contributed by atoms with E-state index in [-0.39, 0.29) is 30.0 Å². The number of amides is 2. The van der Waals surface area contributed by atoms with Crippen LogP contribution in [0.15, 0.2) is 58.1 Å². The number of aromatic nitrogens is 2. The number of esters is 1. The van der Waals surface area contributed by atoms with Crippen LogP contribution in [0.3, 0.4) is 0 Å². The van der Waals surface area contributed by atoms with Gasteiger partial charge < -0.3 is 15.4 Å². The molecular formula is C20H17ClN4O4S. The molecule has 0 unspecified atom stereocenters. The van der Waals surface area contributed by atoms with Crippen molar-refractivity contribution in [2.24, 2.45) is 0 Å². The van der Waals surface area contributed by atoms with E-state index in [0.717, 1.165) is 0 Å². The van der Waals surface area contributed by atoms with E-state index in [0.29, 0.717) is 20.8 Å². The Bertz CT molecular complexity index is 1220. The Morgan fingerprint density at radius 1 is 1.27 bits per heavy atom. The maximum absolute atomic E-state index is 12.8. The number of nitrogens with zero attached hydrogens (tertiary/aromatic N) is 2. The van der Waals surface area contributed by atoms with Crippen LogP contribution >= 0.6 is 22.9 Å². The molecule has 1 aliphatic heterocycles. The van der Waals surface area contributed by atoms with Gasteiger partial charge in [-0.05, 0) is 36.1 Å². The zero-order valence-electron chi connectivity index (χ0n) is 15.8. The second-order valence-corrected chi connectivity index (χ2v) is 7.84. The average Bonchev–Trinajstić information content (AvgIpc) is 3.20. The van der Waals surface area contributed by atoms with E-state index in [9.17, 15) is 14.4 Å². The summed E-state index contributed by atoms with van der Waals surface area (Å²) in [5.41, 5.74) is 0.896. The van der Waals surface area contributed by atoms with Gasteiger partial charge in [-0.15, -0.1) is 11.3 Å². The van der Waals surface area contributed by atoms with Crippen LogP contribution in [0.4, 0.5) is 4.79 Å². The van der Waals surface area contributed by atoms with Gasteiger partial charge in [0, 0.05) is 5.02 Å². The van der Waals surface area contributed by atoms with E-state index in [1.807, 2.05) is 0 Å². The largest absolute Gasteiger partial charge is 0.463 e. The monoisotopic (exact) mass is 444 g/mol. The molecule has 3 heterocycles. The molecule has 2 N–H and O–H groups in total. The summed E-state index contributed by atoms with van der Waals surface area (Å²) in [6, 6.07) is 7.25. The molecule has 154 valence electrons. The van der Waals surface area contributed by atoms with Crippen molar-refractivity contribution in [3.05, 3.63) is 74.2 Å². The number of hydrogen-bond acceptors (Lipinski definition) is 6. The van der Waals surface area contributed by atoms with Gasteiger partial charge in [0.05, 0.1) is 42.2 Å². The summed E-state index contributed by atoms with van der Waals surface area (Å²) < 4.78 is 6.59. The Hall–Kier alpha value is -3.17. The highest BCUT2D eigenvalue weighted by Gasteiger charge is 2.34. The van der Waals surface area contributed by atoms with Gasteiger partial charge in [0.1, 0.15) is 4.83 Å². The molecule has 1 aliphatic rings. The van der Waals surface area contributed by atoms with E-state index in [4.69, 9.17) is 16.3 Å². The minimum atomic E-state index is -0.751. The molecular weight excluding hydrogens is 428 g/mol. The Kier molecular flexibility index (Phi) is 5.56. The van der Waals surface area contributed by atoms with Gasteiger partial charge in [0.2, 0.25) is 0 Å². The SMILES string of the molecule is CCOC(=O)C1=C(Cn2cnc3sccc3c2=O)NC(=O)N[C@H]1c1ccc(Cl)cc1. The number of thiophene rings is 1. The smallest absolute Gasteiger partial charge is 0.338 e. The van der Waals surface area contributed by atoms with Gasteiger partial charge in [-0.25, -0.2) is 14.6 Å². The third-order valence-corrected chi connectivity index (χ3v) is 5.70. The number of fused-ring (bicyclic) bond motifs is 1. The molecule has 1 atom stereocenters. The lowest BCUT2D eigenvalue weighted by molar-refractivity contribution is -0.139. The quantitative estimate of drug-likeness (QED) is 0.589. The number of ether oxygens (including phenoxy) is 1. The fourth-order valence-electron chi connectivity index (χ4n) is 3.27. The second kappa shape index (κ2) is 8.29. The first-order valence-corrected chi connectivity index (χ1v) is 10.4. The summed E-state index contributed by atoms with van der Waals surface area (Å²) in [7, 11) is 0. The Morgan fingerprint density at radius 2 is 2.03 bits per heavy atom. The van der Waals surface area contributed by atoms with Crippen molar-refractivity contribution in [3.63, 3.8) is 0 Å². The molecule has 0 aliphatic carbocycles. The van der Waals surface area contributed by atoms with Crippen LogP contribution in [0, 0.1) is 0 Å². The molecule has 1 aromatic carbocycles. The van der Waals surface area contributed by atoms with Crippen LogP contribution in [0.5, 0.6) is 0 Å². The molecule has 2 aromatic heterocycles. The zero-order chi connectivity index (χ0) is 21.3. The summed E-state index contributed by atoms with van der Waals surface area (Å²) in [4.78, 5) is 42.9. The molecule has 0 bridgehead atoms. The van der Waals surface area contributed by atoms with Crippen LogP contribution in [-0.2, 0) is 16.1 Å². The van der Waals surface area contributed by atoms with Crippen molar-refractivity contribution in [2.45, 2.75) is 19.5 Å². The molecule has 3 aromatic rings. The minimum Gasteiger partial charge on any atom is -0.463 e. The van der Waals surface area contributed by atoms with Gasteiger partial charge in [-0.1, -0.05) is 23.7 Å². The third-order valence-electron chi connectivity index (χ3n) is 4.63. The van der Waals surface area contributed by atoms with Crippen molar-refractivity contribution >= 4 is 45.2 Å². The summed E-state index contributed by atoms with van der Waals surface area (Å²) in [5, 5.41) is 8.20. The topological polar surface area (TPSA) is 102 Å². The van der Waals surface area contributed by atoms with Gasteiger partial charge in [-0.2, -0.15) is 0 Å². The highest BCUT2D eigenvalue weighted by molar-refractivity contribution is 7.16. The first-order chi connectivity index (χ1) is 14.5. The lowest BCUT2D eigenvalue weighted by Crippen LogP contribution is -2.47. The summed E-state index contributed by atoms with van der Waals surface area (Å²) in [5.74, 6) is -0.586. The van der Waals surface area contributed by atoms with Gasteiger partial charge >= 0.3 is 12.0 Å². The average molecular weight is 445 g/mol. The standard InChI is InChI=1S/C20H17ClN4O4S/c1-2-29-19(27)15-14(9-25-10-22-17-13(18(25)26)7-8-30-17)23-20(28)24-16(15)11-3-5-12(21)6-4-11/h3-8,10,16H,2,9H2,1H3,(H2,23,24,28)/t16-/m0/s1. The van der Waals surface area contributed by atoms with Crippen LogP contribution in [0.2, 0.25) is 5.02 Å². The van der Waals surface area contributed by atoms with Gasteiger partial charge in [-0.3, -0.25) is 9.36 Å². The molecule has 0 radical (unpaired) electrons. The Morgan fingerprint density at radius 3 is 2.77 bits per heavy atom. The molecule has 0 saturated carbocycles. The Balaban J connectivity index is 1.82.